The molecule has 8 aromatic carbocycles. The molecule has 10 rings (SSSR count). The molecule has 2 radical (unpaired) electrons. The maximum absolute atomic E-state index is 12.1. The minimum atomic E-state index is -6.09. The maximum Gasteiger partial charge on any atom is 5.00 e. The molecular weight excluding hydrogens is 1560 g/mol. The van der Waals surface area contributed by atoms with E-state index in [4.69, 9.17) is 37.4 Å². The van der Waals surface area contributed by atoms with E-state index in [1.807, 2.05) is 109 Å². The van der Waals surface area contributed by atoms with Crippen molar-refractivity contribution in [2.24, 2.45) is 11.5 Å². The van der Waals surface area contributed by atoms with Crippen molar-refractivity contribution in [1.29, 1.82) is 0 Å². The number of hydrogen-bond donors (Lipinski definition) is 2. The van der Waals surface area contributed by atoms with E-state index < -0.39 is 43.2 Å². The number of benzene rings is 8. The zero-order valence-electron chi connectivity index (χ0n) is 64.6. The molecule has 0 atom stereocenters. The van der Waals surface area contributed by atoms with Crippen LogP contribution in [0.1, 0.15) is 137 Å². The fourth-order valence-electron chi connectivity index (χ4n) is 11.0. The number of rotatable bonds is 16. The van der Waals surface area contributed by atoms with Gasteiger partial charge in [0.2, 0.25) is 0 Å². The molecule has 4 N–H and O–H groups in total. The molecule has 0 spiro atoms. The van der Waals surface area contributed by atoms with Crippen molar-refractivity contribution in [2.45, 2.75) is 129 Å². The number of nitrogens with zero attached hydrogens (tertiary/aromatic N) is 2. The third-order valence-electron chi connectivity index (χ3n) is 16.9. The number of aromatic carboxylic acids is 2. The van der Waals surface area contributed by atoms with Gasteiger partial charge in [-0.15, -0.1) is 72.6 Å². The number of alkyl halides is 6. The summed E-state index contributed by atoms with van der Waals surface area (Å²) >= 11 is 0. The summed E-state index contributed by atoms with van der Waals surface area (Å²) in [5, 5.41) is 24.3. The van der Waals surface area contributed by atoms with E-state index in [0.29, 0.717) is 35.3 Å². The first-order chi connectivity index (χ1) is 51.2. The molecule has 24 heteroatoms. The second-order valence-electron chi connectivity index (χ2n) is 29.7. The Morgan fingerprint density at radius 1 is 0.384 bits per heavy atom. The Hall–Kier alpha value is -9.16. The second-order valence-corrected chi connectivity index (χ2v) is 32.5. The zero-order valence-corrected chi connectivity index (χ0v) is 68.4. The average Bonchev–Trinajstić information content (AvgIpc) is 0.786. The monoisotopic (exact) mass is 1660 g/mol. The van der Waals surface area contributed by atoms with Crippen LogP contribution in [0.2, 0.25) is 0 Å². The fraction of sp³-hybridized carbons (Fsp3) is 0.273. The van der Waals surface area contributed by atoms with E-state index >= 15 is 0 Å². The minimum absolute atomic E-state index is 0. The van der Waals surface area contributed by atoms with Crippen molar-refractivity contribution >= 4 is 32.2 Å². The molecule has 0 amide bonds. The SMILES string of the molecule is CC(C)(C)c1ccc(-c2cccc(-c3ccc(C(C)(C)C)cc3)c2C(=O)[O-])cc1.CC(C)(C)c1ccc(-c2cccc(-c3ccc(C(C)(C)C)cc3)c2C(=O)[O-])cc1.NCCN(/C=C1/C=CC=C[CH-]1)Cc1ccccc1.NCCN(/C=C1/C=CC=C[CH-]1)Cc1ccccc1.O=S(=O)([O-])C(F)(F)F.O=S(=O)([O-])C(F)(F)F.[Fe+5].[Fe+5]. The summed E-state index contributed by atoms with van der Waals surface area (Å²) in [4.78, 5) is 28.8. The molecule has 0 bridgehead atoms. The summed E-state index contributed by atoms with van der Waals surface area (Å²) in [5.41, 5.74) is 16.9. The van der Waals surface area contributed by atoms with Gasteiger partial charge in [0.05, 0.1) is 11.9 Å². The van der Waals surface area contributed by atoms with Gasteiger partial charge in [-0.2, -0.15) is 26.3 Å². The summed E-state index contributed by atoms with van der Waals surface area (Å²) in [6, 6.07) is 64.6. The van der Waals surface area contributed by atoms with Gasteiger partial charge in [0.1, 0.15) is 0 Å². The van der Waals surface area contributed by atoms with Crippen molar-refractivity contribution in [3.63, 3.8) is 0 Å². The zero-order chi connectivity index (χ0) is 82.1. The van der Waals surface area contributed by atoms with Crippen LogP contribution in [0.4, 0.5) is 26.3 Å². The molecule has 0 fully saturated rings. The topological polar surface area (TPSA) is 253 Å². The van der Waals surface area contributed by atoms with Crippen LogP contribution in [-0.4, -0.2) is 84.9 Å². The van der Waals surface area contributed by atoms with Crippen LogP contribution in [0.3, 0.4) is 0 Å². The van der Waals surface area contributed by atoms with E-state index in [0.717, 1.165) is 48.4 Å². The van der Waals surface area contributed by atoms with Gasteiger partial charge in [-0.05, 0) is 99.5 Å². The minimum Gasteiger partial charge on any atom is -0.741 e. The first-order valence-corrected chi connectivity index (χ1v) is 38.0. The van der Waals surface area contributed by atoms with Gasteiger partial charge < -0.3 is 50.2 Å². The fourth-order valence-corrected chi connectivity index (χ4v) is 11.0. The maximum atomic E-state index is 12.1. The van der Waals surface area contributed by atoms with Crippen LogP contribution in [-0.2, 0) is 89.1 Å². The Balaban J connectivity index is 0.000000366. The smallest absolute Gasteiger partial charge is 0.741 e. The van der Waals surface area contributed by atoms with Crippen molar-refractivity contribution in [2.75, 3.05) is 26.2 Å². The molecule has 8 aromatic rings. The molecule has 0 saturated heterocycles. The Morgan fingerprint density at radius 2 is 0.616 bits per heavy atom. The van der Waals surface area contributed by atoms with Gasteiger partial charge in [0.15, 0.2) is 20.2 Å². The van der Waals surface area contributed by atoms with Gasteiger partial charge in [0, 0.05) is 50.4 Å². The Labute approximate surface area is 678 Å². The Bertz CT molecular complexity index is 4280. The van der Waals surface area contributed by atoms with Crippen LogP contribution >= 0.6 is 0 Å². The number of halogens is 6. The first kappa shape index (κ1) is 97.0. The molecule has 112 heavy (non-hydrogen) atoms. The standard InChI is InChI=1S/2C27H30O2.2C16H19N2.2CHF3O3S.2Fe/c2*1-26(2,3)20-14-10-18(11-15-20)22-8-7-9-23(24(22)25(28)29)19-12-16-21(17-13-19)27(4,5)6;2*17-11-12-18(13-15-7-3-1-4-8-15)14-16-9-5-2-6-10-16;2*2-1(3,4)8(5,6)7;;/h2*7-17H,1-6H3,(H,28,29);2*1-10,13H,11-12,14,17H2;2*(H,5,6,7);;/q;;2*-1;;;2*+5/p-4. The summed E-state index contributed by atoms with van der Waals surface area (Å²) in [6.45, 7) is 30.8. The third-order valence-corrected chi connectivity index (χ3v) is 18.0. The van der Waals surface area contributed by atoms with Crippen LogP contribution in [0.15, 0.2) is 266 Å². The number of allylic oxidation sites excluding steroid dienone is 10. The second kappa shape index (κ2) is 43.2. The van der Waals surface area contributed by atoms with E-state index in [1.54, 1.807) is 0 Å². The van der Waals surface area contributed by atoms with Crippen LogP contribution in [0, 0.1) is 12.8 Å². The van der Waals surface area contributed by atoms with E-state index in [2.05, 4.69) is 252 Å². The first-order valence-electron chi connectivity index (χ1n) is 35.2. The number of carboxylic acids is 2. The molecule has 0 aromatic heterocycles. The van der Waals surface area contributed by atoms with Gasteiger partial charge >= 0.3 is 45.2 Å². The number of carbonyl (C=O) groups excluding carboxylic acids is 2. The van der Waals surface area contributed by atoms with Crippen LogP contribution < -0.4 is 21.7 Å². The molecule has 0 unspecified atom stereocenters. The van der Waals surface area contributed by atoms with Crippen molar-refractivity contribution in [3.8, 4) is 44.5 Å². The van der Waals surface area contributed by atoms with E-state index in [-0.39, 0.29) is 66.9 Å². The van der Waals surface area contributed by atoms with Gasteiger partial charge in [-0.25, -0.2) is 16.8 Å². The predicted molar refractivity (Wildman–Crippen MR) is 423 cm³/mol. The number of carboxylic acid groups (broad SMARTS) is 2. The summed E-state index contributed by atoms with van der Waals surface area (Å²) < 4.78 is 118. The van der Waals surface area contributed by atoms with Crippen molar-refractivity contribution < 1.29 is 106 Å². The van der Waals surface area contributed by atoms with E-state index in [9.17, 15) is 46.1 Å². The largest absolute Gasteiger partial charge is 5.00 e. The predicted octanol–water partition coefficient (Wildman–Crippen LogP) is 17.4. The molecule has 0 saturated carbocycles. The Morgan fingerprint density at radius 3 is 0.795 bits per heavy atom. The summed E-state index contributed by atoms with van der Waals surface area (Å²) in [5.74, 6) is -2.31. The van der Waals surface area contributed by atoms with Crippen LogP contribution in [0.25, 0.3) is 44.5 Å². The number of carbonyl (C=O) groups is 2. The van der Waals surface area contributed by atoms with Gasteiger partial charge in [-0.1, -0.05) is 290 Å². The Kier molecular flexibility index (Phi) is 37.4. The quantitative estimate of drug-likeness (QED) is 0.0300. The number of hydrogen-bond acceptors (Lipinski definition) is 14. The number of nitrogens with two attached hydrogens (primary N) is 2. The molecule has 0 aliphatic heterocycles. The summed E-state index contributed by atoms with van der Waals surface area (Å²) in [7, 11) is -12.2. The molecule has 2 aliphatic carbocycles. The average molecular weight is 1660 g/mol. The van der Waals surface area contributed by atoms with Crippen molar-refractivity contribution in [1.82, 2.24) is 9.80 Å². The van der Waals surface area contributed by atoms with Crippen LogP contribution in [0.5, 0.6) is 0 Å². The third kappa shape index (κ3) is 31.4. The van der Waals surface area contributed by atoms with Gasteiger partial charge in [-0.3, -0.25) is 0 Å². The van der Waals surface area contributed by atoms with E-state index in [1.165, 1.54) is 44.5 Å². The molecular formula is C88H96F6Fe2N4O10S2+4. The van der Waals surface area contributed by atoms with Crippen molar-refractivity contribution in [3.05, 3.63) is 324 Å². The van der Waals surface area contributed by atoms with Gasteiger partial charge in [0.25, 0.3) is 0 Å². The normalized spacial score (nSPS) is 13.3. The molecule has 2 aliphatic rings. The molecule has 0 heterocycles. The molecule has 14 nitrogen and oxygen atoms in total. The molecule has 594 valence electrons. The summed E-state index contributed by atoms with van der Waals surface area (Å²) in [6.07, 6.45) is 25.0.